The lowest BCUT2D eigenvalue weighted by molar-refractivity contribution is 0.409. The average molecular weight is 416 g/mol. The van der Waals surface area contributed by atoms with Crippen molar-refractivity contribution in [3.05, 3.63) is 90.7 Å². The van der Waals surface area contributed by atoms with Gasteiger partial charge in [-0.15, -0.1) is 0 Å². The summed E-state index contributed by atoms with van der Waals surface area (Å²) in [6, 6.07) is 11.3. The second kappa shape index (κ2) is 6.99. The summed E-state index contributed by atoms with van der Waals surface area (Å²) in [6.45, 7) is 6.41. The SMILES string of the molecule is Cc1cc(C)c(-n2c(O)c([C@@H]3NCCc4c3[nH]c3ccccc43)c(=O)[nH]c2=O)c(C)c1. The first-order valence-electron chi connectivity index (χ1n) is 10.4. The number of aromatic amines is 2. The number of hydrogen-bond acceptors (Lipinski definition) is 4. The number of aryl methyl sites for hydroxylation is 3. The zero-order valence-electron chi connectivity index (χ0n) is 17.7. The van der Waals surface area contributed by atoms with Gasteiger partial charge in [-0.3, -0.25) is 9.78 Å². The van der Waals surface area contributed by atoms with Gasteiger partial charge in [0.2, 0.25) is 5.88 Å². The number of aromatic hydroxyl groups is 1. The van der Waals surface area contributed by atoms with E-state index >= 15 is 0 Å². The van der Waals surface area contributed by atoms with Gasteiger partial charge in [0.25, 0.3) is 5.56 Å². The number of nitrogens with one attached hydrogen (secondary N) is 3. The van der Waals surface area contributed by atoms with Crippen molar-refractivity contribution in [3.63, 3.8) is 0 Å². The second-order valence-corrected chi connectivity index (χ2v) is 8.28. The van der Waals surface area contributed by atoms with Crippen LogP contribution in [0.25, 0.3) is 16.6 Å². The highest BCUT2D eigenvalue weighted by Gasteiger charge is 2.31. The third kappa shape index (κ3) is 2.92. The molecule has 7 heteroatoms. The standard InChI is InChI=1S/C24H24N4O3/c1-12-10-13(2)21(14(3)11-12)28-23(30)18(22(29)27-24(28)31)20-19-16(8-9-25-20)15-6-4-5-7-17(15)26-19/h4-7,10-11,20,25-26,30H,8-9H2,1-3H3,(H,27,29,31)/t20-/m0/s1. The maximum atomic E-state index is 12.9. The third-order valence-corrected chi connectivity index (χ3v) is 6.13. The lowest BCUT2D eigenvalue weighted by Gasteiger charge is -2.26. The first kappa shape index (κ1) is 19.4. The molecule has 0 amide bonds. The molecule has 0 aliphatic carbocycles. The summed E-state index contributed by atoms with van der Waals surface area (Å²) in [4.78, 5) is 31.5. The molecule has 4 N–H and O–H groups in total. The van der Waals surface area contributed by atoms with Gasteiger partial charge in [0, 0.05) is 23.1 Å². The summed E-state index contributed by atoms with van der Waals surface area (Å²) in [5.41, 5.74) is 5.16. The summed E-state index contributed by atoms with van der Waals surface area (Å²) in [5, 5.41) is 15.7. The summed E-state index contributed by atoms with van der Waals surface area (Å²) in [6.07, 6.45) is 0.810. The van der Waals surface area contributed by atoms with Crippen LogP contribution in [0, 0.1) is 20.8 Å². The number of fused-ring (bicyclic) bond motifs is 3. The highest BCUT2D eigenvalue weighted by Crippen LogP contribution is 2.35. The van der Waals surface area contributed by atoms with Crippen molar-refractivity contribution >= 4 is 10.9 Å². The minimum atomic E-state index is -0.658. The van der Waals surface area contributed by atoms with Crippen molar-refractivity contribution in [2.24, 2.45) is 0 Å². The fourth-order valence-electron chi connectivity index (χ4n) is 4.96. The van der Waals surface area contributed by atoms with Crippen molar-refractivity contribution in [1.82, 2.24) is 19.9 Å². The molecule has 7 nitrogen and oxygen atoms in total. The Kier molecular flexibility index (Phi) is 4.37. The average Bonchev–Trinajstić information content (AvgIpc) is 3.09. The molecule has 0 unspecified atom stereocenters. The van der Waals surface area contributed by atoms with E-state index in [-0.39, 0.29) is 11.4 Å². The Morgan fingerprint density at radius 1 is 1.03 bits per heavy atom. The van der Waals surface area contributed by atoms with E-state index < -0.39 is 17.3 Å². The van der Waals surface area contributed by atoms with Gasteiger partial charge in [0.15, 0.2) is 0 Å². The smallest absolute Gasteiger partial charge is 0.335 e. The zero-order valence-corrected chi connectivity index (χ0v) is 17.7. The molecule has 1 aliphatic rings. The highest BCUT2D eigenvalue weighted by atomic mass is 16.3. The van der Waals surface area contributed by atoms with Crippen molar-refractivity contribution in [1.29, 1.82) is 0 Å². The number of hydrogen-bond donors (Lipinski definition) is 4. The first-order valence-corrected chi connectivity index (χ1v) is 10.4. The van der Waals surface area contributed by atoms with E-state index in [9.17, 15) is 14.7 Å². The molecule has 0 saturated heterocycles. The summed E-state index contributed by atoms with van der Waals surface area (Å²) in [5.74, 6) is -0.340. The lowest BCUT2D eigenvalue weighted by Crippen LogP contribution is -2.39. The van der Waals surface area contributed by atoms with Gasteiger partial charge in [-0.05, 0) is 49.9 Å². The Morgan fingerprint density at radius 2 is 1.74 bits per heavy atom. The molecule has 158 valence electrons. The summed E-state index contributed by atoms with van der Waals surface area (Å²) >= 11 is 0. The van der Waals surface area contributed by atoms with Crippen LogP contribution in [0.2, 0.25) is 0 Å². The number of rotatable bonds is 2. The molecule has 0 saturated carbocycles. The van der Waals surface area contributed by atoms with Gasteiger partial charge in [-0.2, -0.15) is 0 Å². The quantitative estimate of drug-likeness (QED) is 0.403. The van der Waals surface area contributed by atoms with Crippen LogP contribution in [0.15, 0.2) is 46.0 Å². The molecule has 3 heterocycles. The van der Waals surface area contributed by atoms with Crippen molar-refractivity contribution < 1.29 is 5.11 Å². The fraction of sp³-hybridized carbons (Fsp3) is 0.250. The van der Waals surface area contributed by atoms with Gasteiger partial charge >= 0.3 is 5.69 Å². The normalized spacial score (nSPS) is 15.9. The Morgan fingerprint density at radius 3 is 2.48 bits per heavy atom. The van der Waals surface area contributed by atoms with E-state index in [2.05, 4.69) is 21.4 Å². The molecule has 0 radical (unpaired) electrons. The van der Waals surface area contributed by atoms with E-state index in [4.69, 9.17) is 0 Å². The summed E-state index contributed by atoms with van der Waals surface area (Å²) in [7, 11) is 0. The van der Waals surface area contributed by atoms with Gasteiger partial charge < -0.3 is 15.4 Å². The van der Waals surface area contributed by atoms with Crippen LogP contribution in [-0.2, 0) is 6.42 Å². The molecule has 0 bridgehead atoms. The fourth-order valence-corrected chi connectivity index (χ4v) is 4.96. The lowest BCUT2D eigenvalue weighted by atomic mass is 9.95. The van der Waals surface area contributed by atoms with E-state index in [1.807, 2.05) is 51.1 Å². The number of aromatic nitrogens is 3. The Hall–Kier alpha value is -3.58. The van der Waals surface area contributed by atoms with Gasteiger partial charge in [0.05, 0.1) is 11.7 Å². The maximum Gasteiger partial charge on any atom is 0.335 e. The predicted octanol–water partition coefficient (Wildman–Crippen LogP) is 2.87. The van der Waals surface area contributed by atoms with Crippen LogP contribution < -0.4 is 16.6 Å². The Labute approximate surface area is 178 Å². The van der Waals surface area contributed by atoms with E-state index in [1.54, 1.807) is 0 Å². The minimum Gasteiger partial charge on any atom is -0.494 e. The monoisotopic (exact) mass is 416 g/mol. The predicted molar refractivity (Wildman–Crippen MR) is 120 cm³/mol. The minimum absolute atomic E-state index is 0.131. The molecule has 31 heavy (non-hydrogen) atoms. The van der Waals surface area contributed by atoms with E-state index in [0.29, 0.717) is 12.2 Å². The maximum absolute atomic E-state index is 12.9. The number of para-hydroxylation sites is 1. The third-order valence-electron chi connectivity index (χ3n) is 6.13. The van der Waals surface area contributed by atoms with Crippen LogP contribution in [0.3, 0.4) is 0 Å². The van der Waals surface area contributed by atoms with E-state index in [1.165, 1.54) is 4.57 Å². The molecular formula is C24H24N4O3. The molecular weight excluding hydrogens is 392 g/mol. The van der Waals surface area contributed by atoms with Crippen molar-refractivity contribution in [3.8, 4) is 11.6 Å². The van der Waals surface area contributed by atoms with Crippen LogP contribution >= 0.6 is 0 Å². The Bertz CT molecular complexity index is 1440. The molecule has 0 spiro atoms. The van der Waals surface area contributed by atoms with Crippen LogP contribution in [0.4, 0.5) is 0 Å². The summed E-state index contributed by atoms with van der Waals surface area (Å²) < 4.78 is 1.21. The molecule has 1 aliphatic heterocycles. The topological polar surface area (TPSA) is 103 Å². The second-order valence-electron chi connectivity index (χ2n) is 8.28. The zero-order chi connectivity index (χ0) is 21.9. The van der Waals surface area contributed by atoms with Crippen LogP contribution in [0.1, 0.15) is 39.6 Å². The molecule has 1 atom stereocenters. The molecule has 0 fully saturated rings. The van der Waals surface area contributed by atoms with Crippen LogP contribution in [-0.4, -0.2) is 26.2 Å². The van der Waals surface area contributed by atoms with Crippen molar-refractivity contribution in [2.45, 2.75) is 33.2 Å². The largest absolute Gasteiger partial charge is 0.494 e. The van der Waals surface area contributed by atoms with Crippen molar-refractivity contribution in [2.75, 3.05) is 6.54 Å². The van der Waals surface area contributed by atoms with Gasteiger partial charge in [0.1, 0.15) is 5.56 Å². The molecule has 2 aromatic heterocycles. The molecule has 4 aromatic rings. The highest BCUT2D eigenvalue weighted by molar-refractivity contribution is 5.85. The van der Waals surface area contributed by atoms with E-state index in [0.717, 1.165) is 45.3 Å². The number of benzene rings is 2. The van der Waals surface area contributed by atoms with Gasteiger partial charge in [-0.1, -0.05) is 35.9 Å². The molecule has 2 aromatic carbocycles. The first-order chi connectivity index (χ1) is 14.9. The number of nitrogens with zero attached hydrogens (tertiary/aromatic N) is 1. The van der Waals surface area contributed by atoms with Gasteiger partial charge in [-0.25, -0.2) is 9.36 Å². The molecule has 5 rings (SSSR count). The van der Waals surface area contributed by atoms with Crippen LogP contribution in [0.5, 0.6) is 5.88 Å². The number of H-pyrrole nitrogens is 2. The Balaban J connectivity index is 1.78.